The quantitative estimate of drug-likeness (QED) is 0.516. The fourth-order valence-corrected chi connectivity index (χ4v) is 0.213. The normalized spacial score (nSPS) is 10.7. The third kappa shape index (κ3) is 18.0. The molecule has 0 fully saturated rings. The summed E-state index contributed by atoms with van der Waals surface area (Å²) in [7, 11) is 0. The molecular weight excluding hydrogens is 178 g/mol. The Kier molecular flexibility index (Phi) is 7.85. The smallest absolute Gasteiger partial charge is 0.320 e. The van der Waals surface area contributed by atoms with E-state index in [1.165, 1.54) is 13.8 Å². The highest BCUT2D eigenvalue weighted by molar-refractivity contribution is 5.93. The molecule has 6 nitrogen and oxygen atoms in total. The molecule has 0 aliphatic heterocycles. The molecule has 6 heteroatoms. The van der Waals surface area contributed by atoms with Gasteiger partial charge in [0.2, 0.25) is 0 Å². The van der Waals surface area contributed by atoms with Gasteiger partial charge in [-0.25, -0.2) is 0 Å². The van der Waals surface area contributed by atoms with E-state index >= 15 is 0 Å². The minimum Gasteiger partial charge on any atom is -0.481 e. The lowest BCUT2D eigenvalue weighted by atomic mass is 10.3. The molecule has 0 spiro atoms. The predicted octanol–water partition coefficient (Wildman–Crippen LogP) is -0.532. The molecule has 76 valence electrons. The zero-order valence-electron chi connectivity index (χ0n) is 7.48. The van der Waals surface area contributed by atoms with Gasteiger partial charge in [0, 0.05) is 0 Å². The summed E-state index contributed by atoms with van der Waals surface area (Å²) in [4.78, 5) is 29.0. The summed E-state index contributed by atoms with van der Waals surface area (Å²) in [5.74, 6) is -2.34. The zero-order chi connectivity index (χ0) is 11.0. The summed E-state index contributed by atoms with van der Waals surface area (Å²) < 4.78 is 0. The van der Waals surface area contributed by atoms with Crippen molar-refractivity contribution in [2.45, 2.75) is 26.3 Å². The van der Waals surface area contributed by atoms with E-state index in [9.17, 15) is 14.4 Å². The standard InChI is InChI=1S/C4H6O3.C3H7NO2/c1-3(5)2-4(6)7;1-2(4)3(5)6/h2H2,1H3,(H,6,7);2H,4H2,1H3,(H,5,6)/t;2-/m.0/s1. The zero-order valence-corrected chi connectivity index (χ0v) is 7.48. The van der Waals surface area contributed by atoms with Crippen LogP contribution in [0.4, 0.5) is 0 Å². The van der Waals surface area contributed by atoms with Gasteiger partial charge in [0.05, 0.1) is 0 Å². The average molecular weight is 191 g/mol. The van der Waals surface area contributed by atoms with Gasteiger partial charge in [-0.15, -0.1) is 0 Å². The highest BCUT2D eigenvalue weighted by Gasteiger charge is 1.99. The van der Waals surface area contributed by atoms with Gasteiger partial charge in [-0.05, 0) is 13.8 Å². The van der Waals surface area contributed by atoms with Crippen LogP contribution in [0.15, 0.2) is 0 Å². The second-order valence-electron chi connectivity index (χ2n) is 2.40. The van der Waals surface area contributed by atoms with Crippen molar-refractivity contribution in [3.63, 3.8) is 0 Å². The molecule has 0 saturated heterocycles. The molecule has 0 bridgehead atoms. The number of ketones is 1. The molecule has 13 heavy (non-hydrogen) atoms. The Morgan fingerprint density at radius 1 is 1.31 bits per heavy atom. The lowest BCUT2D eigenvalue weighted by Crippen LogP contribution is -2.25. The van der Waals surface area contributed by atoms with Gasteiger partial charge in [0.15, 0.2) is 0 Å². The fraction of sp³-hybridized carbons (Fsp3) is 0.571. The SMILES string of the molecule is CC(=O)CC(=O)O.C[C@H](N)C(=O)O. The molecule has 1 atom stereocenters. The van der Waals surface area contributed by atoms with Crippen molar-refractivity contribution in [3.8, 4) is 0 Å². The molecule has 4 N–H and O–H groups in total. The second-order valence-corrected chi connectivity index (χ2v) is 2.40. The first-order valence-electron chi connectivity index (χ1n) is 3.47. The summed E-state index contributed by atoms with van der Waals surface area (Å²) in [6.07, 6.45) is -0.361. The number of hydrogen-bond donors (Lipinski definition) is 3. The first-order valence-corrected chi connectivity index (χ1v) is 3.47. The van der Waals surface area contributed by atoms with Crippen LogP contribution in [0.2, 0.25) is 0 Å². The Morgan fingerprint density at radius 3 is 1.62 bits per heavy atom. The average Bonchev–Trinajstić information content (AvgIpc) is 1.84. The van der Waals surface area contributed by atoms with Crippen molar-refractivity contribution in [3.05, 3.63) is 0 Å². The second kappa shape index (κ2) is 7.23. The Hall–Kier alpha value is -1.43. The van der Waals surface area contributed by atoms with Crippen molar-refractivity contribution >= 4 is 17.7 Å². The van der Waals surface area contributed by atoms with Crippen LogP contribution in [0.5, 0.6) is 0 Å². The number of rotatable bonds is 3. The lowest BCUT2D eigenvalue weighted by molar-refractivity contribution is -0.140. The van der Waals surface area contributed by atoms with Crippen LogP contribution in [-0.4, -0.2) is 34.0 Å². The van der Waals surface area contributed by atoms with E-state index in [4.69, 9.17) is 15.9 Å². The van der Waals surface area contributed by atoms with Gasteiger partial charge >= 0.3 is 11.9 Å². The van der Waals surface area contributed by atoms with Gasteiger partial charge in [-0.1, -0.05) is 0 Å². The van der Waals surface area contributed by atoms with Gasteiger partial charge in [0.1, 0.15) is 18.2 Å². The van der Waals surface area contributed by atoms with E-state index in [0.29, 0.717) is 0 Å². The molecule has 0 heterocycles. The number of carbonyl (C=O) groups is 3. The third-order valence-electron chi connectivity index (χ3n) is 0.790. The minimum absolute atomic E-state index is 0.312. The van der Waals surface area contributed by atoms with Gasteiger partial charge in [-0.2, -0.15) is 0 Å². The lowest BCUT2D eigenvalue weighted by Gasteiger charge is -1.90. The number of carboxylic acids is 2. The highest BCUT2D eigenvalue weighted by Crippen LogP contribution is 1.77. The van der Waals surface area contributed by atoms with Crippen LogP contribution >= 0.6 is 0 Å². The first kappa shape index (κ1) is 14.1. The molecule has 0 aliphatic carbocycles. The van der Waals surface area contributed by atoms with E-state index < -0.39 is 18.0 Å². The monoisotopic (exact) mass is 191 g/mol. The number of hydrogen-bond acceptors (Lipinski definition) is 4. The molecule has 0 rings (SSSR count). The predicted molar refractivity (Wildman–Crippen MR) is 44.2 cm³/mol. The van der Waals surface area contributed by atoms with Crippen LogP contribution in [0.1, 0.15) is 20.3 Å². The molecule has 0 aromatic carbocycles. The van der Waals surface area contributed by atoms with Crippen LogP contribution < -0.4 is 5.73 Å². The van der Waals surface area contributed by atoms with E-state index in [2.05, 4.69) is 0 Å². The van der Waals surface area contributed by atoms with E-state index in [1.807, 2.05) is 0 Å². The molecule has 0 aliphatic rings. The molecule has 0 saturated carbocycles. The Bertz CT molecular complexity index is 187. The topological polar surface area (TPSA) is 118 Å². The molecule has 0 aromatic heterocycles. The van der Waals surface area contributed by atoms with E-state index in [0.717, 1.165) is 0 Å². The Morgan fingerprint density at radius 2 is 1.62 bits per heavy atom. The van der Waals surface area contributed by atoms with E-state index in [-0.39, 0.29) is 12.2 Å². The number of carboxylic acid groups (broad SMARTS) is 2. The van der Waals surface area contributed by atoms with E-state index in [1.54, 1.807) is 0 Å². The largest absolute Gasteiger partial charge is 0.481 e. The fourth-order valence-electron chi connectivity index (χ4n) is 0.213. The summed E-state index contributed by atoms with van der Waals surface area (Å²) >= 11 is 0. The van der Waals surface area contributed by atoms with Crippen LogP contribution in [0.3, 0.4) is 0 Å². The maximum Gasteiger partial charge on any atom is 0.320 e. The molecule has 0 aromatic rings. The summed E-state index contributed by atoms with van der Waals surface area (Å²) in [5.41, 5.74) is 4.84. The number of carbonyl (C=O) groups excluding carboxylic acids is 1. The molecule has 0 amide bonds. The van der Waals surface area contributed by atoms with Crippen LogP contribution in [0.25, 0.3) is 0 Å². The van der Waals surface area contributed by atoms with Crippen molar-refractivity contribution in [1.82, 2.24) is 0 Å². The maximum absolute atomic E-state index is 9.87. The summed E-state index contributed by atoms with van der Waals surface area (Å²) in [6.45, 7) is 2.66. The van der Waals surface area contributed by atoms with Crippen molar-refractivity contribution in [2.24, 2.45) is 5.73 Å². The maximum atomic E-state index is 9.87. The van der Waals surface area contributed by atoms with Crippen LogP contribution in [0, 0.1) is 0 Å². The highest BCUT2D eigenvalue weighted by atomic mass is 16.4. The summed E-state index contributed by atoms with van der Waals surface area (Å²) in [6, 6.07) is -0.731. The molecule has 0 radical (unpaired) electrons. The minimum atomic E-state index is -1.06. The first-order chi connectivity index (χ1) is 5.77. The molecular formula is C7H13NO5. The van der Waals surface area contributed by atoms with Crippen LogP contribution in [-0.2, 0) is 14.4 Å². The number of nitrogens with two attached hydrogens (primary N) is 1. The Balaban J connectivity index is 0. The van der Waals surface area contributed by atoms with Crippen molar-refractivity contribution in [2.75, 3.05) is 0 Å². The molecule has 0 unspecified atom stereocenters. The van der Waals surface area contributed by atoms with Gasteiger partial charge < -0.3 is 15.9 Å². The van der Waals surface area contributed by atoms with Gasteiger partial charge in [0.25, 0.3) is 0 Å². The summed E-state index contributed by atoms with van der Waals surface area (Å²) in [5, 5.41) is 15.7. The van der Waals surface area contributed by atoms with Crippen molar-refractivity contribution < 1.29 is 24.6 Å². The third-order valence-corrected chi connectivity index (χ3v) is 0.790. The number of aliphatic carboxylic acids is 2. The van der Waals surface area contributed by atoms with Gasteiger partial charge in [-0.3, -0.25) is 14.4 Å². The number of Topliss-reactive ketones (excluding diaryl/α,β-unsaturated/α-hetero) is 1. The Labute approximate surface area is 75.3 Å². The van der Waals surface area contributed by atoms with Crippen molar-refractivity contribution in [1.29, 1.82) is 0 Å².